The SMILES string of the molecule is CN(C)c1ccc(C(=O)OCC(=O)C=C2N(C)c3ccccc3C2(C)C)cc1. The molecule has 0 aliphatic carbocycles. The van der Waals surface area contributed by atoms with Gasteiger partial charge in [0.15, 0.2) is 12.4 Å². The fourth-order valence-corrected chi connectivity index (χ4v) is 3.57. The van der Waals surface area contributed by atoms with E-state index in [2.05, 4.69) is 19.9 Å². The molecule has 0 saturated heterocycles. The second kappa shape index (κ2) is 7.50. The van der Waals surface area contributed by atoms with Gasteiger partial charge in [-0.05, 0) is 35.9 Å². The van der Waals surface area contributed by atoms with E-state index in [1.54, 1.807) is 18.2 Å². The lowest BCUT2D eigenvalue weighted by Crippen LogP contribution is -2.25. The Morgan fingerprint density at radius 3 is 2.32 bits per heavy atom. The molecule has 3 rings (SSSR count). The molecule has 0 fully saturated rings. The molecular weight excluding hydrogens is 352 g/mol. The molecule has 2 aromatic carbocycles. The maximum atomic E-state index is 12.5. The van der Waals surface area contributed by atoms with Gasteiger partial charge in [0.05, 0.1) is 5.56 Å². The number of anilines is 2. The van der Waals surface area contributed by atoms with Crippen molar-refractivity contribution in [1.82, 2.24) is 0 Å². The van der Waals surface area contributed by atoms with Crippen molar-refractivity contribution < 1.29 is 14.3 Å². The minimum absolute atomic E-state index is 0.235. The first-order chi connectivity index (χ1) is 13.2. The molecular formula is C23H26N2O3. The average molecular weight is 378 g/mol. The second-order valence-electron chi connectivity index (χ2n) is 7.71. The van der Waals surface area contributed by atoms with Gasteiger partial charge in [-0.15, -0.1) is 0 Å². The third kappa shape index (κ3) is 3.65. The van der Waals surface area contributed by atoms with Crippen LogP contribution < -0.4 is 9.80 Å². The van der Waals surface area contributed by atoms with Crippen molar-refractivity contribution in [3.05, 3.63) is 71.4 Å². The number of benzene rings is 2. The number of carbonyl (C=O) groups is 2. The quantitative estimate of drug-likeness (QED) is 0.585. The molecule has 0 unspecified atom stereocenters. The molecule has 1 aliphatic heterocycles. The Bertz CT molecular complexity index is 927. The Morgan fingerprint density at radius 1 is 1.07 bits per heavy atom. The zero-order chi connectivity index (χ0) is 20.5. The number of carbonyl (C=O) groups excluding carboxylic acids is 2. The highest BCUT2D eigenvalue weighted by atomic mass is 16.5. The van der Waals surface area contributed by atoms with Gasteiger partial charge in [-0.25, -0.2) is 4.79 Å². The normalized spacial score (nSPS) is 16.0. The van der Waals surface area contributed by atoms with Gasteiger partial charge >= 0.3 is 5.97 Å². The van der Waals surface area contributed by atoms with Gasteiger partial charge in [-0.3, -0.25) is 4.79 Å². The number of para-hydroxylation sites is 1. The highest BCUT2D eigenvalue weighted by Gasteiger charge is 2.38. The van der Waals surface area contributed by atoms with Crippen molar-refractivity contribution in [2.75, 3.05) is 37.5 Å². The van der Waals surface area contributed by atoms with Gasteiger partial charge in [0, 0.05) is 49.7 Å². The number of allylic oxidation sites excluding steroid dienone is 1. The summed E-state index contributed by atoms with van der Waals surface area (Å²) in [5.74, 6) is -0.736. The number of ether oxygens (including phenoxy) is 1. The molecule has 0 spiro atoms. The first-order valence-corrected chi connectivity index (χ1v) is 9.24. The van der Waals surface area contributed by atoms with Gasteiger partial charge in [-0.2, -0.15) is 0 Å². The third-order valence-corrected chi connectivity index (χ3v) is 5.20. The van der Waals surface area contributed by atoms with Crippen LogP contribution in [0.15, 0.2) is 60.3 Å². The van der Waals surface area contributed by atoms with Crippen LogP contribution in [-0.4, -0.2) is 39.5 Å². The fraction of sp³-hybridized carbons (Fsp3) is 0.304. The highest BCUT2D eigenvalue weighted by Crippen LogP contribution is 2.46. The highest BCUT2D eigenvalue weighted by molar-refractivity contribution is 5.96. The molecule has 0 bridgehead atoms. The summed E-state index contributed by atoms with van der Waals surface area (Å²) in [7, 11) is 5.81. The lowest BCUT2D eigenvalue weighted by molar-refractivity contribution is -0.117. The Labute approximate surface area is 166 Å². The van der Waals surface area contributed by atoms with Crippen molar-refractivity contribution in [2.45, 2.75) is 19.3 Å². The topological polar surface area (TPSA) is 49.9 Å². The molecule has 2 aromatic rings. The van der Waals surface area contributed by atoms with Crippen molar-refractivity contribution >= 4 is 23.1 Å². The van der Waals surface area contributed by atoms with Gasteiger partial charge in [0.25, 0.3) is 0 Å². The molecule has 1 aliphatic rings. The van der Waals surface area contributed by atoms with Crippen molar-refractivity contribution in [3.8, 4) is 0 Å². The predicted molar refractivity (Wildman–Crippen MR) is 112 cm³/mol. The van der Waals surface area contributed by atoms with E-state index in [4.69, 9.17) is 4.74 Å². The first kappa shape index (κ1) is 19.7. The minimum atomic E-state index is -0.501. The molecule has 146 valence electrons. The van der Waals surface area contributed by atoms with E-state index in [9.17, 15) is 9.59 Å². The molecule has 0 amide bonds. The maximum absolute atomic E-state index is 12.5. The standard InChI is InChI=1S/C23H26N2O3/c1-23(2)19-8-6-7-9-20(19)25(5)21(23)14-18(26)15-28-22(27)16-10-12-17(13-11-16)24(3)4/h6-14H,15H2,1-5H3. The Morgan fingerprint density at radius 2 is 1.71 bits per heavy atom. The van der Waals surface area contributed by atoms with Crippen LogP contribution in [0, 0.1) is 0 Å². The third-order valence-electron chi connectivity index (χ3n) is 5.20. The average Bonchev–Trinajstić information content (AvgIpc) is 2.87. The molecule has 0 N–H and O–H groups in total. The molecule has 5 nitrogen and oxygen atoms in total. The number of esters is 1. The van der Waals surface area contributed by atoms with Crippen LogP contribution in [0.2, 0.25) is 0 Å². The van der Waals surface area contributed by atoms with Crippen LogP contribution in [0.4, 0.5) is 11.4 Å². The van der Waals surface area contributed by atoms with E-state index in [1.807, 2.05) is 61.3 Å². The summed E-state index contributed by atoms with van der Waals surface area (Å²) < 4.78 is 5.22. The van der Waals surface area contributed by atoms with Crippen LogP contribution in [-0.2, 0) is 14.9 Å². The van der Waals surface area contributed by atoms with Crippen LogP contribution in [0.25, 0.3) is 0 Å². The summed E-state index contributed by atoms with van der Waals surface area (Å²) in [5, 5.41) is 0. The minimum Gasteiger partial charge on any atom is -0.454 e. The maximum Gasteiger partial charge on any atom is 0.338 e. The molecule has 0 aromatic heterocycles. The zero-order valence-corrected chi connectivity index (χ0v) is 17.0. The molecule has 0 radical (unpaired) electrons. The number of nitrogens with zero attached hydrogens (tertiary/aromatic N) is 2. The van der Waals surface area contributed by atoms with E-state index in [-0.39, 0.29) is 17.8 Å². The van der Waals surface area contributed by atoms with E-state index >= 15 is 0 Å². The van der Waals surface area contributed by atoms with Gasteiger partial charge < -0.3 is 14.5 Å². The molecule has 28 heavy (non-hydrogen) atoms. The van der Waals surface area contributed by atoms with Crippen LogP contribution >= 0.6 is 0 Å². The van der Waals surface area contributed by atoms with Gasteiger partial charge in [0.2, 0.25) is 0 Å². The Kier molecular flexibility index (Phi) is 5.27. The monoisotopic (exact) mass is 378 g/mol. The van der Waals surface area contributed by atoms with Gasteiger partial charge in [-0.1, -0.05) is 32.0 Å². The number of hydrogen-bond acceptors (Lipinski definition) is 5. The van der Waals surface area contributed by atoms with Crippen LogP contribution in [0.3, 0.4) is 0 Å². The number of rotatable bonds is 5. The molecule has 0 saturated carbocycles. The molecule has 5 heteroatoms. The first-order valence-electron chi connectivity index (χ1n) is 9.24. The smallest absolute Gasteiger partial charge is 0.338 e. The zero-order valence-electron chi connectivity index (χ0n) is 17.0. The number of likely N-dealkylation sites (N-methyl/N-ethyl adjacent to an activating group) is 1. The Balaban J connectivity index is 1.68. The predicted octanol–water partition coefficient (Wildman–Crippen LogP) is 3.79. The summed E-state index contributed by atoms with van der Waals surface area (Å²) in [5.41, 5.74) is 4.29. The van der Waals surface area contributed by atoms with Crippen molar-refractivity contribution in [1.29, 1.82) is 0 Å². The lowest BCUT2D eigenvalue weighted by Gasteiger charge is -2.23. The fourth-order valence-electron chi connectivity index (χ4n) is 3.57. The summed E-state index contributed by atoms with van der Waals surface area (Å²) in [6.07, 6.45) is 1.59. The van der Waals surface area contributed by atoms with E-state index in [1.165, 1.54) is 5.56 Å². The van der Waals surface area contributed by atoms with E-state index < -0.39 is 5.97 Å². The Hall–Kier alpha value is -3.08. The number of fused-ring (bicyclic) bond motifs is 1. The van der Waals surface area contributed by atoms with Gasteiger partial charge in [0.1, 0.15) is 0 Å². The second-order valence-corrected chi connectivity index (χ2v) is 7.71. The van der Waals surface area contributed by atoms with Crippen LogP contribution in [0.5, 0.6) is 0 Å². The van der Waals surface area contributed by atoms with E-state index in [0.29, 0.717) is 5.56 Å². The molecule has 1 heterocycles. The summed E-state index contributed by atoms with van der Waals surface area (Å²) in [6, 6.07) is 15.2. The van der Waals surface area contributed by atoms with Crippen molar-refractivity contribution in [3.63, 3.8) is 0 Å². The number of hydrogen-bond donors (Lipinski definition) is 0. The summed E-state index contributed by atoms with van der Waals surface area (Å²) in [4.78, 5) is 28.7. The largest absolute Gasteiger partial charge is 0.454 e. The van der Waals surface area contributed by atoms with Crippen molar-refractivity contribution in [2.24, 2.45) is 0 Å². The van der Waals surface area contributed by atoms with Crippen LogP contribution in [0.1, 0.15) is 29.8 Å². The molecule has 0 atom stereocenters. The lowest BCUT2D eigenvalue weighted by atomic mass is 9.83. The van der Waals surface area contributed by atoms with E-state index in [0.717, 1.165) is 17.1 Å². The summed E-state index contributed by atoms with van der Waals surface area (Å²) >= 11 is 0. The summed E-state index contributed by atoms with van der Waals surface area (Å²) in [6.45, 7) is 3.90. The number of ketones is 1.